The Morgan fingerprint density at radius 1 is 0.321 bits per heavy atom. The monoisotopic (exact) mass is 774 g/mol. The van der Waals surface area contributed by atoms with E-state index in [-0.39, 0.29) is 165 Å². The number of hydrogen-bond acceptors (Lipinski definition) is 20. The summed E-state index contributed by atoms with van der Waals surface area (Å²) < 4.78 is 63.4. The van der Waals surface area contributed by atoms with Crippen LogP contribution in [0.1, 0.15) is 6.42 Å². The molecule has 1 aliphatic rings. The van der Waals surface area contributed by atoms with Gasteiger partial charge >= 0.3 is 23.9 Å². The predicted octanol–water partition coefficient (Wildman–Crippen LogP) is -2.87. The van der Waals surface area contributed by atoms with Crippen LogP contribution in [0.4, 0.5) is 0 Å². The standard InChI is InChI=1S/C33H58O20/c34-1-5-42-9-13-46-17-21-50-30(38)26-25-27(31(39)51-22-18-47-14-10-43-6-2-35)29(33(41)53-24-20-49-16-12-45-8-4-37)28(26)32(40)52-23-19-48-15-11-44-7-3-36/h26-29,34-37H,1-25H2. The van der Waals surface area contributed by atoms with Gasteiger partial charge in [-0.3, -0.25) is 19.2 Å². The average Bonchev–Trinajstić information content (AvgIpc) is 3.57. The summed E-state index contributed by atoms with van der Waals surface area (Å²) in [5.41, 5.74) is 0. The molecule has 1 rings (SSSR count). The molecule has 1 saturated carbocycles. The number of carbonyl (C=O) groups excluding carboxylic acids is 4. The molecule has 0 radical (unpaired) electrons. The molecule has 0 heterocycles. The second kappa shape index (κ2) is 33.9. The van der Waals surface area contributed by atoms with Gasteiger partial charge in [-0.1, -0.05) is 0 Å². The van der Waals surface area contributed by atoms with E-state index in [1.807, 2.05) is 0 Å². The average molecular weight is 775 g/mol. The minimum Gasteiger partial charge on any atom is -0.463 e. The van der Waals surface area contributed by atoms with Crippen molar-refractivity contribution in [2.24, 2.45) is 23.7 Å². The number of esters is 4. The SMILES string of the molecule is O=C(OCCOCCOCCO)C1CC(C(=O)OCCOCCOCCO)C(C(=O)OCCOCCOCCO)C1C(=O)OCCOCCOCCO. The Morgan fingerprint density at radius 3 is 0.774 bits per heavy atom. The molecule has 0 saturated heterocycles. The molecule has 53 heavy (non-hydrogen) atoms. The first-order chi connectivity index (χ1) is 25.9. The lowest BCUT2D eigenvalue weighted by Crippen LogP contribution is -2.39. The highest BCUT2D eigenvalue weighted by molar-refractivity contribution is 5.92. The fourth-order valence-electron chi connectivity index (χ4n) is 4.93. The van der Waals surface area contributed by atoms with Crippen molar-refractivity contribution >= 4 is 23.9 Å². The summed E-state index contributed by atoms with van der Waals surface area (Å²) in [6.45, 7) is 0.507. The fraction of sp³-hybridized carbons (Fsp3) is 0.879. The van der Waals surface area contributed by atoms with Crippen LogP contribution in [0.25, 0.3) is 0 Å². The maximum Gasteiger partial charge on any atom is 0.310 e. The highest BCUT2D eigenvalue weighted by Gasteiger charge is 2.58. The van der Waals surface area contributed by atoms with E-state index >= 15 is 0 Å². The van der Waals surface area contributed by atoms with Gasteiger partial charge in [0.2, 0.25) is 0 Å². The second-order valence-electron chi connectivity index (χ2n) is 11.0. The summed E-state index contributed by atoms with van der Waals surface area (Å²) in [4.78, 5) is 53.9. The molecule has 1 fully saturated rings. The Balaban J connectivity index is 3.01. The van der Waals surface area contributed by atoms with E-state index in [0.29, 0.717) is 0 Å². The molecule has 4 atom stereocenters. The molecule has 4 N–H and O–H groups in total. The molecule has 4 unspecified atom stereocenters. The number of aliphatic hydroxyl groups excluding tert-OH is 4. The Morgan fingerprint density at radius 2 is 0.528 bits per heavy atom. The molecule has 0 amide bonds. The van der Waals surface area contributed by atoms with Crippen LogP contribution in [0.15, 0.2) is 0 Å². The van der Waals surface area contributed by atoms with Gasteiger partial charge in [0.15, 0.2) is 0 Å². The Hall–Kier alpha value is -2.60. The van der Waals surface area contributed by atoms with Crippen LogP contribution in [0.2, 0.25) is 0 Å². The van der Waals surface area contributed by atoms with Crippen molar-refractivity contribution in [3.8, 4) is 0 Å². The molecule has 0 aliphatic heterocycles. The summed E-state index contributed by atoms with van der Waals surface area (Å²) in [7, 11) is 0. The zero-order valence-electron chi connectivity index (χ0n) is 30.3. The molecule has 20 nitrogen and oxygen atoms in total. The molecule has 310 valence electrons. The van der Waals surface area contributed by atoms with E-state index in [4.69, 9.17) is 77.3 Å². The van der Waals surface area contributed by atoms with Crippen LogP contribution in [0.3, 0.4) is 0 Å². The van der Waals surface area contributed by atoms with E-state index in [2.05, 4.69) is 0 Å². The molecular formula is C33H58O20. The van der Waals surface area contributed by atoms with Gasteiger partial charge in [0.1, 0.15) is 26.4 Å². The lowest BCUT2D eigenvalue weighted by molar-refractivity contribution is -0.170. The molecule has 0 spiro atoms. The molecule has 1 aliphatic carbocycles. The maximum absolute atomic E-state index is 13.6. The summed E-state index contributed by atoms with van der Waals surface area (Å²) in [6.07, 6.45) is -0.291. The third-order valence-corrected chi connectivity index (χ3v) is 7.23. The molecule has 0 aromatic heterocycles. The Labute approximate surface area is 309 Å². The number of carbonyl (C=O) groups is 4. The van der Waals surface area contributed by atoms with Crippen molar-refractivity contribution in [3.63, 3.8) is 0 Å². The third kappa shape index (κ3) is 23.0. The fourth-order valence-corrected chi connectivity index (χ4v) is 4.93. The van der Waals surface area contributed by atoms with E-state index in [1.54, 1.807) is 0 Å². The number of aliphatic hydroxyl groups is 4. The van der Waals surface area contributed by atoms with Gasteiger partial charge in [0, 0.05) is 0 Å². The van der Waals surface area contributed by atoms with Crippen molar-refractivity contribution < 1.29 is 96.4 Å². The van der Waals surface area contributed by atoms with Crippen molar-refractivity contribution in [3.05, 3.63) is 0 Å². The smallest absolute Gasteiger partial charge is 0.310 e. The lowest BCUT2D eigenvalue weighted by atomic mass is 9.86. The van der Waals surface area contributed by atoms with Crippen molar-refractivity contribution in [1.82, 2.24) is 0 Å². The zero-order chi connectivity index (χ0) is 38.8. The van der Waals surface area contributed by atoms with Gasteiger partial charge in [0.25, 0.3) is 0 Å². The molecule has 0 aromatic carbocycles. The van der Waals surface area contributed by atoms with Crippen LogP contribution in [-0.4, -0.2) is 203 Å². The van der Waals surface area contributed by atoms with Gasteiger partial charge in [-0.2, -0.15) is 0 Å². The van der Waals surface area contributed by atoms with Crippen LogP contribution >= 0.6 is 0 Å². The van der Waals surface area contributed by atoms with E-state index in [1.165, 1.54) is 0 Å². The maximum atomic E-state index is 13.6. The minimum atomic E-state index is -1.49. The number of rotatable bonds is 36. The van der Waals surface area contributed by atoms with Gasteiger partial charge in [-0.05, 0) is 6.42 Å². The third-order valence-electron chi connectivity index (χ3n) is 7.23. The highest BCUT2D eigenvalue weighted by Crippen LogP contribution is 2.44. The lowest BCUT2D eigenvalue weighted by Gasteiger charge is -2.23. The quantitative estimate of drug-likeness (QED) is 0.0283. The van der Waals surface area contributed by atoms with Gasteiger partial charge in [-0.25, -0.2) is 0 Å². The van der Waals surface area contributed by atoms with Crippen LogP contribution < -0.4 is 0 Å². The second-order valence-corrected chi connectivity index (χ2v) is 11.0. The Bertz CT molecular complexity index is 866. The highest BCUT2D eigenvalue weighted by atomic mass is 16.6. The van der Waals surface area contributed by atoms with E-state index < -0.39 is 47.5 Å². The van der Waals surface area contributed by atoms with E-state index in [0.717, 1.165) is 0 Å². The first-order valence-electron chi connectivity index (χ1n) is 17.6. The largest absolute Gasteiger partial charge is 0.463 e. The number of hydrogen-bond donors (Lipinski definition) is 4. The first kappa shape index (κ1) is 48.4. The Kier molecular flexibility index (Phi) is 31.0. The summed E-state index contributed by atoms with van der Waals surface area (Å²) in [5.74, 6) is -9.20. The molecular weight excluding hydrogens is 716 g/mol. The molecule has 0 bridgehead atoms. The summed E-state index contributed by atoms with van der Waals surface area (Å²) >= 11 is 0. The summed E-state index contributed by atoms with van der Waals surface area (Å²) in [6, 6.07) is 0. The molecule has 0 aromatic rings. The van der Waals surface area contributed by atoms with Crippen molar-refractivity contribution in [2.45, 2.75) is 6.42 Å². The topological polar surface area (TPSA) is 260 Å². The van der Waals surface area contributed by atoms with Crippen LogP contribution in [-0.2, 0) is 76.0 Å². The van der Waals surface area contributed by atoms with Gasteiger partial charge < -0.3 is 77.3 Å². The predicted molar refractivity (Wildman–Crippen MR) is 177 cm³/mol. The number of ether oxygens (including phenoxy) is 12. The van der Waals surface area contributed by atoms with Gasteiger partial charge in [-0.15, -0.1) is 0 Å². The van der Waals surface area contributed by atoms with Crippen molar-refractivity contribution in [2.75, 3.05) is 159 Å². The van der Waals surface area contributed by atoms with Gasteiger partial charge in [0.05, 0.1) is 156 Å². The molecule has 20 heteroatoms. The van der Waals surface area contributed by atoms with Crippen molar-refractivity contribution in [1.29, 1.82) is 0 Å². The summed E-state index contributed by atoms with van der Waals surface area (Å²) in [5, 5.41) is 35.1. The van der Waals surface area contributed by atoms with E-state index in [9.17, 15) is 19.2 Å². The van der Waals surface area contributed by atoms with Crippen LogP contribution in [0, 0.1) is 23.7 Å². The van der Waals surface area contributed by atoms with Crippen LogP contribution in [0.5, 0.6) is 0 Å². The minimum absolute atomic E-state index is 0.0115. The first-order valence-corrected chi connectivity index (χ1v) is 17.6. The normalized spacial score (nSPS) is 18.2. The zero-order valence-corrected chi connectivity index (χ0v) is 30.3.